The average molecular weight is 759 g/mol. The Labute approximate surface area is 346 Å². The van der Waals surface area contributed by atoms with Gasteiger partial charge < -0.3 is 9.05 Å². The average Bonchev–Trinajstić information content (AvgIpc) is 3.74. The Morgan fingerprint density at radius 2 is 1.20 bits per heavy atom. The van der Waals surface area contributed by atoms with Crippen molar-refractivity contribution in [3.63, 3.8) is 0 Å². The standard InChI is InChI=1S/C56H47BN2/c1-32-18-21-40(33(2)24-32)37-26-44-47-31-39(56(6,7)8)30-46-43-29-38(55(3,4)5)20-23-49(43)59(53(46)47)57-48-27-36(34-14-10-9-11-15-34)25-45-42-22-19-35-16-12-13-17-41(35)52(42)58(54(45)48)50(28-37)51(44)57/h9-31H,1-8H3. The highest BCUT2D eigenvalue weighted by Gasteiger charge is 2.43. The third-order valence-electron chi connectivity index (χ3n) is 13.7. The van der Waals surface area contributed by atoms with Crippen molar-refractivity contribution in [1.29, 1.82) is 0 Å². The van der Waals surface area contributed by atoms with Gasteiger partial charge in [0.05, 0.1) is 11.0 Å². The zero-order chi connectivity index (χ0) is 40.3. The van der Waals surface area contributed by atoms with Crippen molar-refractivity contribution >= 4 is 72.2 Å². The highest BCUT2D eigenvalue weighted by Crippen LogP contribution is 2.48. The lowest BCUT2D eigenvalue weighted by molar-refractivity contribution is 0.590. The number of benzene rings is 8. The molecular formula is C56H47BN2. The highest BCUT2D eigenvalue weighted by molar-refractivity contribution is 6.90. The summed E-state index contributed by atoms with van der Waals surface area (Å²) in [5.41, 5.74) is 22.3. The molecule has 0 saturated carbocycles. The van der Waals surface area contributed by atoms with E-state index in [4.69, 9.17) is 0 Å². The molecule has 0 amide bonds. The molecule has 3 heteroatoms. The predicted octanol–water partition coefficient (Wildman–Crippen LogP) is 13.5. The number of fused-ring (bicyclic) bond motifs is 12. The van der Waals surface area contributed by atoms with Crippen LogP contribution < -0.4 is 10.9 Å². The number of rotatable bonds is 2. The molecule has 284 valence electrons. The minimum Gasteiger partial charge on any atom is -0.375 e. The van der Waals surface area contributed by atoms with Crippen molar-refractivity contribution in [3.8, 4) is 39.1 Å². The Bertz CT molecular complexity index is 3470. The van der Waals surface area contributed by atoms with Gasteiger partial charge in [0.1, 0.15) is 0 Å². The molecule has 12 rings (SSSR count). The summed E-state index contributed by atoms with van der Waals surface area (Å²) < 4.78 is 5.41. The molecule has 0 saturated heterocycles. The molecule has 2 aliphatic heterocycles. The first kappa shape index (κ1) is 34.7. The van der Waals surface area contributed by atoms with E-state index in [1.165, 1.54) is 127 Å². The molecule has 0 N–H and O–H groups in total. The summed E-state index contributed by atoms with van der Waals surface area (Å²) in [6, 6.07) is 54.0. The van der Waals surface area contributed by atoms with E-state index in [2.05, 4.69) is 204 Å². The number of hydrogen-bond acceptors (Lipinski definition) is 0. The van der Waals surface area contributed by atoms with E-state index >= 15 is 0 Å². The van der Waals surface area contributed by atoms with Crippen LogP contribution in [-0.4, -0.2) is 15.9 Å². The molecule has 0 aliphatic carbocycles. The molecule has 8 aromatic carbocycles. The second-order valence-electron chi connectivity index (χ2n) is 19.5. The molecule has 10 aromatic rings. The van der Waals surface area contributed by atoms with E-state index in [1.54, 1.807) is 0 Å². The Hall–Kier alpha value is -6.32. The Balaban J connectivity index is 1.34. The zero-order valence-electron chi connectivity index (χ0n) is 35.3. The summed E-state index contributed by atoms with van der Waals surface area (Å²) in [6.45, 7) is 18.5. The Kier molecular flexibility index (Phi) is 6.86. The second-order valence-corrected chi connectivity index (χ2v) is 19.5. The molecule has 2 nitrogen and oxygen atoms in total. The first-order valence-corrected chi connectivity index (χ1v) is 21.3. The van der Waals surface area contributed by atoms with Gasteiger partial charge in [-0.1, -0.05) is 144 Å². The fourth-order valence-corrected chi connectivity index (χ4v) is 10.8. The molecule has 2 aliphatic rings. The third-order valence-corrected chi connectivity index (χ3v) is 13.7. The first-order valence-electron chi connectivity index (χ1n) is 21.3. The normalized spacial score (nSPS) is 13.4. The Morgan fingerprint density at radius 1 is 0.458 bits per heavy atom. The summed E-state index contributed by atoms with van der Waals surface area (Å²) in [4.78, 5) is 0. The van der Waals surface area contributed by atoms with Crippen LogP contribution in [0.5, 0.6) is 0 Å². The van der Waals surface area contributed by atoms with Crippen LogP contribution in [0.3, 0.4) is 0 Å². The van der Waals surface area contributed by atoms with Crippen molar-refractivity contribution < 1.29 is 0 Å². The van der Waals surface area contributed by atoms with E-state index < -0.39 is 0 Å². The summed E-state index contributed by atoms with van der Waals surface area (Å²) >= 11 is 0. The Morgan fingerprint density at radius 3 is 1.98 bits per heavy atom. The first-order chi connectivity index (χ1) is 28.3. The van der Waals surface area contributed by atoms with Crippen LogP contribution in [0.4, 0.5) is 0 Å². The molecular weight excluding hydrogens is 711 g/mol. The van der Waals surface area contributed by atoms with Gasteiger partial charge in [-0.25, -0.2) is 0 Å². The van der Waals surface area contributed by atoms with Gasteiger partial charge in [0.2, 0.25) is 0 Å². The van der Waals surface area contributed by atoms with E-state index in [0.29, 0.717) is 0 Å². The molecule has 0 bridgehead atoms. The maximum Gasteiger partial charge on any atom is 0.333 e. The highest BCUT2D eigenvalue weighted by atomic mass is 15.0. The molecule has 0 unspecified atom stereocenters. The number of nitrogens with zero attached hydrogens (tertiary/aromatic N) is 2. The monoisotopic (exact) mass is 758 g/mol. The van der Waals surface area contributed by atoms with Crippen molar-refractivity contribution in [3.05, 3.63) is 162 Å². The van der Waals surface area contributed by atoms with Crippen molar-refractivity contribution in [2.75, 3.05) is 0 Å². The van der Waals surface area contributed by atoms with Crippen molar-refractivity contribution in [1.82, 2.24) is 9.05 Å². The molecule has 59 heavy (non-hydrogen) atoms. The fourth-order valence-electron chi connectivity index (χ4n) is 10.8. The second kappa shape index (κ2) is 11.7. The fraction of sp³-hybridized carbons (Fsp3) is 0.179. The number of aryl methyl sites for hydroxylation is 2. The van der Waals surface area contributed by atoms with Crippen LogP contribution >= 0.6 is 0 Å². The topological polar surface area (TPSA) is 9.86 Å². The van der Waals surface area contributed by atoms with Gasteiger partial charge in [0.15, 0.2) is 0 Å². The van der Waals surface area contributed by atoms with Crippen LogP contribution in [-0.2, 0) is 10.8 Å². The zero-order valence-corrected chi connectivity index (χ0v) is 35.3. The lowest BCUT2D eigenvalue weighted by Crippen LogP contribution is -2.55. The summed E-state index contributed by atoms with van der Waals surface area (Å²) in [7, 11) is 0. The number of hydrogen-bond donors (Lipinski definition) is 0. The van der Waals surface area contributed by atoms with Crippen molar-refractivity contribution in [2.24, 2.45) is 0 Å². The molecule has 0 fully saturated rings. The van der Waals surface area contributed by atoms with Crippen LogP contribution in [0.25, 0.3) is 93.5 Å². The van der Waals surface area contributed by atoms with E-state index in [9.17, 15) is 0 Å². The van der Waals surface area contributed by atoms with Gasteiger partial charge in [-0.15, -0.1) is 0 Å². The molecule has 0 radical (unpaired) electrons. The summed E-state index contributed by atoms with van der Waals surface area (Å²) in [6.07, 6.45) is 0. The van der Waals surface area contributed by atoms with Gasteiger partial charge in [-0.3, -0.25) is 0 Å². The van der Waals surface area contributed by atoms with Gasteiger partial charge in [-0.2, -0.15) is 0 Å². The third kappa shape index (κ3) is 4.76. The minimum absolute atomic E-state index is 0.0227. The SMILES string of the molecule is Cc1ccc(-c2cc3c4c(c2)-n2c5c(cc(-c6ccccc6)cc5c5ccc6ccccc6c52)B4n2c4ccc(C(C)(C)C)cc4c4cc(C(C)(C)C)cc-3c42)c(C)c1. The van der Waals surface area contributed by atoms with Crippen LogP contribution in [0.2, 0.25) is 0 Å². The predicted molar refractivity (Wildman–Crippen MR) is 255 cm³/mol. The maximum absolute atomic E-state index is 2.74. The quantitative estimate of drug-likeness (QED) is 0.155. The molecule has 0 spiro atoms. The minimum atomic E-state index is -0.0400. The van der Waals surface area contributed by atoms with Gasteiger partial charge in [0, 0.05) is 49.2 Å². The molecule has 0 atom stereocenters. The molecule has 4 heterocycles. The largest absolute Gasteiger partial charge is 0.375 e. The van der Waals surface area contributed by atoms with E-state index in [0.717, 1.165) is 0 Å². The van der Waals surface area contributed by atoms with Crippen LogP contribution in [0.1, 0.15) is 63.8 Å². The van der Waals surface area contributed by atoms with Gasteiger partial charge in [-0.05, 0) is 128 Å². The summed E-state index contributed by atoms with van der Waals surface area (Å²) in [5.74, 6) is 0. The van der Waals surface area contributed by atoms with E-state index in [1.807, 2.05) is 0 Å². The van der Waals surface area contributed by atoms with Crippen LogP contribution in [0.15, 0.2) is 140 Å². The van der Waals surface area contributed by atoms with Gasteiger partial charge >= 0.3 is 6.85 Å². The van der Waals surface area contributed by atoms with Crippen LogP contribution in [0, 0.1) is 13.8 Å². The lowest BCUT2D eigenvalue weighted by Gasteiger charge is -2.35. The van der Waals surface area contributed by atoms with Crippen molar-refractivity contribution in [2.45, 2.75) is 66.2 Å². The number of aromatic nitrogens is 2. The molecule has 2 aromatic heterocycles. The lowest BCUT2D eigenvalue weighted by atomic mass is 9.45. The smallest absolute Gasteiger partial charge is 0.333 e. The van der Waals surface area contributed by atoms with Gasteiger partial charge in [0.25, 0.3) is 0 Å². The van der Waals surface area contributed by atoms with E-state index in [-0.39, 0.29) is 17.7 Å². The summed E-state index contributed by atoms with van der Waals surface area (Å²) in [5, 5.41) is 7.85. The maximum atomic E-state index is 2.74.